The summed E-state index contributed by atoms with van der Waals surface area (Å²) >= 11 is 12.0. The predicted octanol–water partition coefficient (Wildman–Crippen LogP) is 4.59. The number of amides is 1. The second kappa shape index (κ2) is 6.78. The molecule has 0 fully saturated rings. The molecule has 0 aromatic heterocycles. The molecule has 4 heteroatoms. The Kier molecular flexibility index (Phi) is 5.05. The largest absolute Gasteiger partial charge is 0.315 e. The Bertz CT molecular complexity index is 599. The van der Waals surface area contributed by atoms with Crippen molar-refractivity contribution in [2.24, 2.45) is 0 Å². The zero-order valence-electron chi connectivity index (χ0n) is 11.1. The number of rotatable bonds is 4. The highest BCUT2D eigenvalue weighted by Crippen LogP contribution is 2.22. The van der Waals surface area contributed by atoms with Crippen molar-refractivity contribution in [3.05, 3.63) is 64.1 Å². The van der Waals surface area contributed by atoms with Crippen molar-refractivity contribution in [1.82, 2.24) is 0 Å². The maximum atomic E-state index is 12.2. The molecule has 20 heavy (non-hydrogen) atoms. The van der Waals surface area contributed by atoms with Gasteiger partial charge >= 0.3 is 0 Å². The highest BCUT2D eigenvalue weighted by molar-refractivity contribution is 6.35. The predicted molar refractivity (Wildman–Crippen MR) is 84.6 cm³/mol. The summed E-state index contributed by atoms with van der Waals surface area (Å²) in [7, 11) is 1.78. The van der Waals surface area contributed by atoms with Crippen molar-refractivity contribution in [3.63, 3.8) is 0 Å². The van der Waals surface area contributed by atoms with Crippen LogP contribution in [0.3, 0.4) is 0 Å². The summed E-state index contributed by atoms with van der Waals surface area (Å²) in [6, 6.07) is 14.9. The van der Waals surface area contributed by atoms with Crippen LogP contribution in [0, 0.1) is 0 Å². The number of benzene rings is 2. The SMILES string of the molecule is CN(C(=O)CCc1ccc(Cl)cc1Cl)c1ccccc1. The van der Waals surface area contributed by atoms with Crippen LogP contribution < -0.4 is 4.90 Å². The number of halogens is 2. The van der Waals surface area contributed by atoms with Crippen LogP contribution in [-0.4, -0.2) is 13.0 Å². The number of anilines is 1. The number of aryl methyl sites for hydroxylation is 1. The molecular weight excluding hydrogens is 293 g/mol. The van der Waals surface area contributed by atoms with Gasteiger partial charge in [-0.3, -0.25) is 4.79 Å². The normalized spacial score (nSPS) is 10.3. The molecule has 104 valence electrons. The monoisotopic (exact) mass is 307 g/mol. The molecule has 0 spiro atoms. The van der Waals surface area contributed by atoms with E-state index in [9.17, 15) is 4.79 Å². The maximum Gasteiger partial charge on any atom is 0.227 e. The van der Waals surface area contributed by atoms with E-state index in [1.807, 2.05) is 36.4 Å². The standard InChI is InChI=1S/C16H15Cl2NO/c1-19(14-5-3-2-4-6-14)16(20)10-8-12-7-9-13(17)11-15(12)18/h2-7,9,11H,8,10H2,1H3. The van der Waals surface area contributed by atoms with Crippen molar-refractivity contribution >= 4 is 34.8 Å². The lowest BCUT2D eigenvalue weighted by molar-refractivity contribution is -0.118. The Morgan fingerprint density at radius 2 is 1.80 bits per heavy atom. The number of para-hydroxylation sites is 1. The number of nitrogens with zero attached hydrogens (tertiary/aromatic N) is 1. The van der Waals surface area contributed by atoms with Gasteiger partial charge in [0.2, 0.25) is 5.91 Å². The average molecular weight is 308 g/mol. The van der Waals surface area contributed by atoms with Crippen LogP contribution in [0.2, 0.25) is 10.0 Å². The molecule has 0 aliphatic rings. The number of carbonyl (C=O) groups excluding carboxylic acids is 1. The van der Waals surface area contributed by atoms with Crippen molar-refractivity contribution in [2.75, 3.05) is 11.9 Å². The highest BCUT2D eigenvalue weighted by atomic mass is 35.5. The molecule has 0 N–H and O–H groups in total. The minimum atomic E-state index is 0.0576. The van der Waals surface area contributed by atoms with Crippen LogP contribution in [0.1, 0.15) is 12.0 Å². The number of carbonyl (C=O) groups is 1. The summed E-state index contributed by atoms with van der Waals surface area (Å²) in [6.07, 6.45) is 1.01. The van der Waals surface area contributed by atoms with Crippen molar-refractivity contribution in [3.8, 4) is 0 Å². The zero-order valence-corrected chi connectivity index (χ0v) is 12.7. The third kappa shape index (κ3) is 3.75. The van der Waals surface area contributed by atoms with Crippen LogP contribution in [0.25, 0.3) is 0 Å². The summed E-state index contributed by atoms with van der Waals surface area (Å²) in [5, 5.41) is 1.21. The molecule has 0 unspecified atom stereocenters. The maximum absolute atomic E-state index is 12.2. The molecule has 0 heterocycles. The zero-order chi connectivity index (χ0) is 14.5. The highest BCUT2D eigenvalue weighted by Gasteiger charge is 2.11. The number of hydrogen-bond donors (Lipinski definition) is 0. The number of hydrogen-bond acceptors (Lipinski definition) is 1. The van der Waals surface area contributed by atoms with E-state index in [2.05, 4.69) is 0 Å². The lowest BCUT2D eigenvalue weighted by Crippen LogP contribution is -2.26. The van der Waals surface area contributed by atoms with Crippen LogP contribution in [0.5, 0.6) is 0 Å². The first-order valence-corrected chi connectivity index (χ1v) is 7.09. The van der Waals surface area contributed by atoms with Crippen LogP contribution in [-0.2, 0) is 11.2 Å². The smallest absolute Gasteiger partial charge is 0.227 e. The molecule has 0 saturated heterocycles. The van der Waals surface area contributed by atoms with E-state index in [1.54, 1.807) is 24.1 Å². The molecule has 0 bridgehead atoms. The quantitative estimate of drug-likeness (QED) is 0.809. The Balaban J connectivity index is 1.98. The molecule has 2 nitrogen and oxygen atoms in total. The summed E-state index contributed by atoms with van der Waals surface area (Å²) in [4.78, 5) is 13.8. The molecule has 1 amide bonds. The van der Waals surface area contributed by atoms with E-state index in [4.69, 9.17) is 23.2 Å². The van der Waals surface area contributed by atoms with Crippen molar-refractivity contribution in [2.45, 2.75) is 12.8 Å². The van der Waals surface area contributed by atoms with Crippen LogP contribution in [0.15, 0.2) is 48.5 Å². The van der Waals surface area contributed by atoms with E-state index in [-0.39, 0.29) is 5.91 Å². The van der Waals surface area contributed by atoms with Gasteiger partial charge in [-0.1, -0.05) is 47.5 Å². The van der Waals surface area contributed by atoms with E-state index in [0.29, 0.717) is 22.9 Å². The molecule has 0 atom stereocenters. The molecule has 0 radical (unpaired) electrons. The van der Waals surface area contributed by atoms with Gasteiger partial charge in [0.15, 0.2) is 0 Å². The second-order valence-corrected chi connectivity index (χ2v) is 5.37. The van der Waals surface area contributed by atoms with Gasteiger partial charge in [-0.25, -0.2) is 0 Å². The van der Waals surface area contributed by atoms with Crippen LogP contribution in [0.4, 0.5) is 5.69 Å². The van der Waals surface area contributed by atoms with E-state index < -0.39 is 0 Å². The van der Waals surface area contributed by atoms with Gasteiger partial charge in [0, 0.05) is 29.2 Å². The second-order valence-electron chi connectivity index (χ2n) is 4.52. The van der Waals surface area contributed by atoms with E-state index in [1.165, 1.54) is 0 Å². The molecule has 2 aromatic carbocycles. The Hall–Kier alpha value is -1.51. The Morgan fingerprint density at radius 1 is 1.10 bits per heavy atom. The first-order chi connectivity index (χ1) is 9.58. The Labute approximate surface area is 128 Å². The lowest BCUT2D eigenvalue weighted by atomic mass is 10.1. The summed E-state index contributed by atoms with van der Waals surface area (Å²) in [5.74, 6) is 0.0576. The first-order valence-electron chi connectivity index (χ1n) is 6.33. The van der Waals surface area contributed by atoms with Gasteiger partial charge in [-0.2, -0.15) is 0 Å². The molecular formula is C16H15Cl2NO. The molecule has 0 saturated carbocycles. The fourth-order valence-electron chi connectivity index (χ4n) is 1.93. The van der Waals surface area contributed by atoms with Gasteiger partial charge in [0.1, 0.15) is 0 Å². The molecule has 0 aliphatic carbocycles. The fraction of sp³-hybridized carbons (Fsp3) is 0.188. The lowest BCUT2D eigenvalue weighted by Gasteiger charge is -2.17. The van der Waals surface area contributed by atoms with Gasteiger partial charge < -0.3 is 4.90 Å². The minimum absolute atomic E-state index is 0.0576. The summed E-state index contributed by atoms with van der Waals surface area (Å²) in [6.45, 7) is 0. The molecule has 2 aromatic rings. The van der Waals surface area contributed by atoms with Gasteiger partial charge in [-0.15, -0.1) is 0 Å². The topological polar surface area (TPSA) is 20.3 Å². The van der Waals surface area contributed by atoms with E-state index >= 15 is 0 Å². The van der Waals surface area contributed by atoms with Gasteiger partial charge in [0.25, 0.3) is 0 Å². The van der Waals surface area contributed by atoms with Gasteiger partial charge in [-0.05, 0) is 36.2 Å². The first kappa shape index (κ1) is 14.9. The molecule has 2 rings (SSSR count). The summed E-state index contributed by atoms with van der Waals surface area (Å²) in [5.41, 5.74) is 1.82. The van der Waals surface area contributed by atoms with Crippen LogP contribution >= 0.6 is 23.2 Å². The minimum Gasteiger partial charge on any atom is -0.315 e. The Morgan fingerprint density at radius 3 is 2.45 bits per heavy atom. The van der Waals surface area contributed by atoms with Crippen molar-refractivity contribution in [1.29, 1.82) is 0 Å². The van der Waals surface area contributed by atoms with Gasteiger partial charge in [0.05, 0.1) is 0 Å². The summed E-state index contributed by atoms with van der Waals surface area (Å²) < 4.78 is 0. The third-order valence-electron chi connectivity index (χ3n) is 3.14. The third-order valence-corrected chi connectivity index (χ3v) is 3.73. The average Bonchev–Trinajstić information content (AvgIpc) is 2.46. The fourth-order valence-corrected chi connectivity index (χ4v) is 2.43. The van der Waals surface area contributed by atoms with Crippen molar-refractivity contribution < 1.29 is 4.79 Å². The molecule has 0 aliphatic heterocycles. The van der Waals surface area contributed by atoms with E-state index in [0.717, 1.165) is 11.3 Å².